The maximum atomic E-state index is 2.65. The van der Waals surface area contributed by atoms with E-state index in [1.54, 1.807) is 0 Å². The molecule has 19 rings (SSSR count). The van der Waals surface area contributed by atoms with Gasteiger partial charge in [0.05, 0.1) is 17.1 Å². The van der Waals surface area contributed by atoms with Crippen LogP contribution >= 0.6 is 11.3 Å². The van der Waals surface area contributed by atoms with Crippen molar-refractivity contribution in [2.45, 2.75) is 19.3 Å². The predicted octanol–water partition coefficient (Wildman–Crippen LogP) is 19.7. The van der Waals surface area contributed by atoms with Crippen molar-refractivity contribution >= 4 is 164 Å². The molecule has 0 fully saturated rings. The monoisotopic (exact) mass is 1220 g/mol. The van der Waals surface area contributed by atoms with Crippen molar-refractivity contribution in [1.29, 1.82) is 0 Å². The van der Waals surface area contributed by atoms with Crippen molar-refractivity contribution < 1.29 is 0 Å². The fraction of sp³-hybridized carbons (Fsp3) is 0.0353. The Hall–Kier alpha value is -11.5. The van der Waals surface area contributed by atoms with Crippen LogP contribution in [0.3, 0.4) is 0 Å². The Kier molecular flexibility index (Phi) is 12.3. The van der Waals surface area contributed by atoms with Crippen molar-refractivity contribution in [3.63, 3.8) is 0 Å². The van der Waals surface area contributed by atoms with Crippen LogP contribution in [0, 0.1) is 0 Å². The summed E-state index contributed by atoms with van der Waals surface area (Å²) in [6.07, 6.45) is 0. The molecule has 5 aliphatic rings. The minimum absolute atomic E-state index is 0.178. The lowest BCUT2D eigenvalue weighted by Crippen LogP contribution is -2.62. The summed E-state index contributed by atoms with van der Waals surface area (Å²) in [4.78, 5) is 15.3. The second kappa shape index (κ2) is 21.3. The SMILES string of the molecule is CC1(C)C2=C(c3ccccc31)N(c1ccccc1)c1cc(N(c3ccccc3)c3ccccc3)cc3c1B2c1cc2c(cc1N3c1ccccc1)B1c3sc4ccccc4c3N(c3ccccc3)c3cc(N(c4ccccc4)c4ccccc4)cc(c31)N2c1ccccc1. The molecule has 13 aromatic carbocycles. The summed E-state index contributed by atoms with van der Waals surface area (Å²) in [5.74, 6) is 0. The fourth-order valence-electron chi connectivity index (χ4n) is 16.3. The molecular formula is C85H60B2N6S. The standard InChI is InChI=1S/C85H60B2N6S/c1-85(2)69-49-29-27-47-67(69)81-83(85)86-70-55-73-71(56-72(70)90(61-39-19-7-20-40-61)74-51-65(53-76(79(74)86)92(81)63-43-23-9-24-44-63)88(57-31-11-3-12-32-57)58-33-13-4-14-34-58)87-80-75(91(73)62-41-21-8-22-42-62)52-66(89(59-35-15-5-16-36-59)60-37-17-6-18-38-60)54-77(80)93(64-45-25-10-26-46-64)82-68-48-28-30-50-78(68)94-84(82)87/h3-56H,1-2H3. The first kappa shape index (κ1) is 54.2. The first-order valence-electron chi connectivity index (χ1n) is 32.6. The lowest BCUT2D eigenvalue weighted by molar-refractivity contribution is 0.666. The number of fused-ring (bicyclic) bond motifs is 11. The van der Waals surface area contributed by atoms with Crippen molar-refractivity contribution in [3.05, 3.63) is 344 Å². The van der Waals surface area contributed by atoms with Gasteiger partial charge >= 0.3 is 0 Å². The van der Waals surface area contributed by atoms with Gasteiger partial charge in [-0.2, -0.15) is 0 Å². The third-order valence-corrected chi connectivity index (χ3v) is 21.3. The smallest absolute Gasteiger partial charge is 0.264 e. The average molecular weight is 1220 g/mol. The van der Waals surface area contributed by atoms with E-state index in [2.05, 4.69) is 371 Å². The molecule has 0 saturated carbocycles. The van der Waals surface area contributed by atoms with Gasteiger partial charge in [-0.05, 0) is 167 Å². The summed E-state index contributed by atoms with van der Waals surface area (Å²) in [7, 11) is 0. The van der Waals surface area contributed by atoms with E-state index in [1.165, 1.54) is 76.1 Å². The highest BCUT2D eigenvalue weighted by Crippen LogP contribution is 2.58. The molecule has 94 heavy (non-hydrogen) atoms. The number of rotatable bonds is 10. The van der Waals surface area contributed by atoms with Gasteiger partial charge in [-0.25, -0.2) is 0 Å². The molecule has 1 aliphatic carbocycles. The van der Waals surface area contributed by atoms with Gasteiger partial charge in [0.15, 0.2) is 0 Å². The van der Waals surface area contributed by atoms with Crippen LogP contribution in [0.15, 0.2) is 333 Å². The summed E-state index contributed by atoms with van der Waals surface area (Å²) >= 11 is 1.94. The normalized spacial score (nSPS) is 14.2. The van der Waals surface area contributed by atoms with E-state index >= 15 is 0 Å². The molecule has 5 heterocycles. The van der Waals surface area contributed by atoms with E-state index in [4.69, 9.17) is 0 Å². The highest BCUT2D eigenvalue weighted by molar-refractivity contribution is 7.33. The number of hydrogen-bond donors (Lipinski definition) is 0. The highest BCUT2D eigenvalue weighted by atomic mass is 32.1. The van der Waals surface area contributed by atoms with Gasteiger partial charge in [-0.1, -0.05) is 207 Å². The van der Waals surface area contributed by atoms with Crippen LogP contribution in [0.2, 0.25) is 0 Å². The molecule has 14 aromatic rings. The molecule has 0 amide bonds. The van der Waals surface area contributed by atoms with Crippen LogP contribution in [0.25, 0.3) is 15.8 Å². The van der Waals surface area contributed by atoms with Crippen molar-refractivity contribution in [2.75, 3.05) is 29.4 Å². The highest BCUT2D eigenvalue weighted by Gasteiger charge is 2.55. The number of allylic oxidation sites excluding steroid dienone is 1. The van der Waals surface area contributed by atoms with Gasteiger partial charge in [0, 0.05) is 111 Å². The number of thiophene rings is 1. The Balaban J connectivity index is 0.968. The van der Waals surface area contributed by atoms with Crippen LogP contribution in [0.1, 0.15) is 25.0 Å². The third-order valence-electron chi connectivity index (χ3n) is 20.1. The van der Waals surface area contributed by atoms with Crippen molar-refractivity contribution in [2.24, 2.45) is 0 Å². The Bertz CT molecular complexity index is 5250. The van der Waals surface area contributed by atoms with Crippen LogP contribution in [-0.4, -0.2) is 13.4 Å². The van der Waals surface area contributed by atoms with Crippen LogP contribution in [-0.2, 0) is 5.41 Å². The van der Waals surface area contributed by atoms with Crippen molar-refractivity contribution in [3.8, 4) is 0 Å². The number of hydrogen-bond acceptors (Lipinski definition) is 7. The van der Waals surface area contributed by atoms with E-state index in [-0.39, 0.29) is 13.4 Å². The molecule has 0 radical (unpaired) electrons. The van der Waals surface area contributed by atoms with Crippen LogP contribution < -0.4 is 56.0 Å². The van der Waals surface area contributed by atoms with Crippen LogP contribution in [0.4, 0.5) is 96.7 Å². The summed E-state index contributed by atoms with van der Waals surface area (Å²) < 4.78 is 2.59. The molecule has 1 aromatic heterocycles. The van der Waals surface area contributed by atoms with Gasteiger partial charge in [0.1, 0.15) is 0 Å². The summed E-state index contributed by atoms with van der Waals surface area (Å²) in [6.45, 7) is 4.60. The number of benzene rings is 13. The lowest BCUT2D eigenvalue weighted by Gasteiger charge is -2.48. The maximum absolute atomic E-state index is 2.65. The average Bonchev–Trinajstić information content (AvgIpc) is 1.28. The van der Waals surface area contributed by atoms with E-state index in [0.717, 1.165) is 79.6 Å². The minimum Gasteiger partial charge on any atom is -0.311 e. The molecule has 0 spiro atoms. The fourth-order valence-corrected chi connectivity index (χ4v) is 17.6. The molecule has 0 atom stereocenters. The first-order chi connectivity index (χ1) is 46.5. The molecular weight excluding hydrogens is 1160 g/mol. The molecule has 0 unspecified atom stereocenters. The van der Waals surface area contributed by atoms with E-state index in [1.807, 2.05) is 11.3 Å². The summed E-state index contributed by atoms with van der Waals surface area (Å²) in [5, 5.41) is 1.24. The minimum atomic E-state index is -0.399. The zero-order valence-corrected chi connectivity index (χ0v) is 52.7. The molecule has 0 N–H and O–H groups in total. The van der Waals surface area contributed by atoms with Crippen LogP contribution in [0.5, 0.6) is 0 Å². The van der Waals surface area contributed by atoms with E-state index in [0.29, 0.717) is 0 Å². The Morgan fingerprint density at radius 1 is 0.319 bits per heavy atom. The quantitative estimate of drug-likeness (QED) is 0.126. The van der Waals surface area contributed by atoms with Gasteiger partial charge < -0.3 is 29.4 Å². The lowest BCUT2D eigenvalue weighted by atomic mass is 9.29. The predicted molar refractivity (Wildman–Crippen MR) is 400 cm³/mol. The molecule has 0 saturated heterocycles. The molecule has 0 bridgehead atoms. The Morgan fingerprint density at radius 2 is 0.670 bits per heavy atom. The topological polar surface area (TPSA) is 19.4 Å². The maximum Gasteiger partial charge on any atom is 0.264 e. The van der Waals surface area contributed by atoms with E-state index in [9.17, 15) is 0 Å². The van der Waals surface area contributed by atoms with Gasteiger partial charge in [0.25, 0.3) is 6.71 Å². The Morgan fingerprint density at radius 3 is 1.14 bits per heavy atom. The van der Waals surface area contributed by atoms with Gasteiger partial charge in [-0.15, -0.1) is 11.3 Å². The third kappa shape index (κ3) is 8.11. The largest absolute Gasteiger partial charge is 0.311 e. The molecule has 4 aliphatic heterocycles. The van der Waals surface area contributed by atoms with Crippen molar-refractivity contribution in [1.82, 2.24) is 0 Å². The second-order valence-corrected chi connectivity index (χ2v) is 26.7. The first-order valence-corrected chi connectivity index (χ1v) is 33.4. The number of anilines is 17. The number of nitrogens with zero attached hydrogens (tertiary/aromatic N) is 6. The summed E-state index contributed by atoms with van der Waals surface area (Å²) in [5.41, 5.74) is 29.0. The zero-order valence-electron chi connectivity index (χ0n) is 51.9. The molecule has 442 valence electrons. The molecule has 6 nitrogen and oxygen atoms in total. The second-order valence-electron chi connectivity index (χ2n) is 25.6. The summed E-state index contributed by atoms with van der Waals surface area (Å²) in [6, 6.07) is 122. The van der Waals surface area contributed by atoms with Gasteiger partial charge in [-0.3, -0.25) is 0 Å². The Labute approximate surface area is 553 Å². The zero-order chi connectivity index (χ0) is 62.2. The number of para-hydroxylation sites is 8. The molecule has 9 heteroatoms. The van der Waals surface area contributed by atoms with Gasteiger partial charge in [0.2, 0.25) is 6.71 Å². The van der Waals surface area contributed by atoms with E-state index < -0.39 is 5.41 Å².